The van der Waals surface area contributed by atoms with Crippen LogP contribution in [0.2, 0.25) is 0 Å². The van der Waals surface area contributed by atoms with E-state index in [1.807, 2.05) is 25.5 Å². The molecule has 0 fully saturated rings. The van der Waals surface area contributed by atoms with E-state index in [4.69, 9.17) is 0 Å². The number of hydrogen-bond donors (Lipinski definition) is 2. The first-order valence-electron chi connectivity index (χ1n) is 8.98. The van der Waals surface area contributed by atoms with E-state index in [1.165, 1.54) is 17.4 Å². The van der Waals surface area contributed by atoms with Gasteiger partial charge in [-0.2, -0.15) is 0 Å². The molecule has 1 aromatic heterocycles. The number of phenolic OH excluding ortho intramolecular Hbond substituents is 1. The standard InChI is InChI=1S/C20H26N2O3S3/c1-14(20(25)21-8-11-27-28-12-9-22(2)3)16-7-6-15(13-17(16)23)19(24)18-5-4-10-26-18/h4-7,10,13-14,23H,8-9,11-12H2,1-3H3,(H,21,25). The van der Waals surface area contributed by atoms with Crippen LogP contribution in [0.4, 0.5) is 0 Å². The highest BCUT2D eigenvalue weighted by molar-refractivity contribution is 8.76. The highest BCUT2D eigenvalue weighted by atomic mass is 33.1. The van der Waals surface area contributed by atoms with Crippen LogP contribution >= 0.6 is 32.9 Å². The largest absolute Gasteiger partial charge is 0.508 e. The third kappa shape index (κ3) is 6.84. The quantitative estimate of drug-likeness (QED) is 0.316. The third-order valence-electron chi connectivity index (χ3n) is 4.09. The zero-order valence-electron chi connectivity index (χ0n) is 16.3. The van der Waals surface area contributed by atoms with Gasteiger partial charge in [-0.3, -0.25) is 9.59 Å². The lowest BCUT2D eigenvalue weighted by atomic mass is 9.96. The second-order valence-corrected chi connectivity index (χ2v) is 10.2. The number of carbonyl (C=O) groups is 2. The number of thiophene rings is 1. The fourth-order valence-corrected chi connectivity index (χ4v) is 5.18. The van der Waals surface area contributed by atoms with Crippen LogP contribution in [0.15, 0.2) is 35.7 Å². The fourth-order valence-electron chi connectivity index (χ4n) is 2.45. The molecule has 5 nitrogen and oxygen atoms in total. The van der Waals surface area contributed by atoms with Crippen molar-refractivity contribution in [1.29, 1.82) is 0 Å². The lowest BCUT2D eigenvalue weighted by Gasteiger charge is -2.14. The molecule has 1 aromatic carbocycles. The van der Waals surface area contributed by atoms with E-state index in [1.54, 1.807) is 46.7 Å². The van der Waals surface area contributed by atoms with Gasteiger partial charge in [-0.25, -0.2) is 0 Å². The van der Waals surface area contributed by atoms with Gasteiger partial charge in [0.05, 0.1) is 10.8 Å². The number of ketones is 1. The molecule has 0 aliphatic carbocycles. The molecule has 2 aromatic rings. The van der Waals surface area contributed by atoms with Crippen molar-refractivity contribution in [2.24, 2.45) is 0 Å². The van der Waals surface area contributed by atoms with E-state index >= 15 is 0 Å². The summed E-state index contributed by atoms with van der Waals surface area (Å²) in [6, 6.07) is 8.34. The zero-order chi connectivity index (χ0) is 20.5. The Balaban J connectivity index is 1.83. The maximum absolute atomic E-state index is 12.4. The van der Waals surface area contributed by atoms with Crippen molar-refractivity contribution in [3.63, 3.8) is 0 Å². The molecule has 152 valence electrons. The Hall–Kier alpha value is -1.48. The second kappa shape index (κ2) is 11.5. The van der Waals surface area contributed by atoms with E-state index in [-0.39, 0.29) is 17.4 Å². The molecule has 0 aliphatic heterocycles. The average Bonchev–Trinajstić information content (AvgIpc) is 3.20. The summed E-state index contributed by atoms with van der Waals surface area (Å²) in [5.41, 5.74) is 0.940. The van der Waals surface area contributed by atoms with Gasteiger partial charge in [-0.15, -0.1) is 11.3 Å². The number of carbonyl (C=O) groups excluding carboxylic acids is 2. The van der Waals surface area contributed by atoms with Crippen LogP contribution in [0.1, 0.15) is 33.6 Å². The van der Waals surface area contributed by atoms with Crippen LogP contribution < -0.4 is 5.32 Å². The Labute approximate surface area is 178 Å². The predicted octanol–water partition coefficient (Wildman–Crippen LogP) is 3.85. The zero-order valence-corrected chi connectivity index (χ0v) is 18.8. The Morgan fingerprint density at radius 2 is 1.96 bits per heavy atom. The Morgan fingerprint density at radius 3 is 2.61 bits per heavy atom. The molecule has 8 heteroatoms. The van der Waals surface area contributed by atoms with Gasteiger partial charge in [0.1, 0.15) is 5.75 Å². The molecule has 28 heavy (non-hydrogen) atoms. The monoisotopic (exact) mass is 438 g/mol. The first kappa shape index (κ1) is 22.8. The normalized spacial score (nSPS) is 12.1. The molecule has 1 unspecified atom stereocenters. The molecule has 0 spiro atoms. The molecule has 1 heterocycles. The van der Waals surface area contributed by atoms with E-state index in [2.05, 4.69) is 10.2 Å². The van der Waals surface area contributed by atoms with E-state index < -0.39 is 5.92 Å². The van der Waals surface area contributed by atoms with Crippen molar-refractivity contribution in [2.75, 3.05) is 38.7 Å². The minimum atomic E-state index is -0.489. The minimum Gasteiger partial charge on any atom is -0.508 e. The highest BCUT2D eigenvalue weighted by Gasteiger charge is 2.20. The van der Waals surface area contributed by atoms with Crippen LogP contribution in [-0.4, -0.2) is 60.4 Å². The van der Waals surface area contributed by atoms with Gasteiger partial charge in [-0.05, 0) is 38.5 Å². The molecule has 0 aliphatic rings. The molecular formula is C20H26N2O3S3. The molecule has 0 saturated heterocycles. The molecule has 1 atom stereocenters. The molecular weight excluding hydrogens is 412 g/mol. The third-order valence-corrected chi connectivity index (χ3v) is 7.34. The summed E-state index contributed by atoms with van der Waals surface area (Å²) in [6.45, 7) is 3.37. The number of amides is 1. The van der Waals surface area contributed by atoms with E-state index in [0.29, 0.717) is 22.5 Å². The highest BCUT2D eigenvalue weighted by Crippen LogP contribution is 2.28. The Bertz CT molecular complexity index is 779. The lowest BCUT2D eigenvalue weighted by molar-refractivity contribution is -0.122. The SMILES string of the molecule is CC(C(=O)NCCSSCCN(C)C)c1ccc(C(=O)c2cccs2)cc1O. The maximum atomic E-state index is 12.4. The van der Waals surface area contributed by atoms with Crippen molar-refractivity contribution in [3.8, 4) is 5.75 Å². The van der Waals surface area contributed by atoms with Crippen molar-refractivity contribution in [3.05, 3.63) is 51.7 Å². The van der Waals surface area contributed by atoms with Gasteiger partial charge in [0.2, 0.25) is 11.7 Å². The predicted molar refractivity (Wildman–Crippen MR) is 121 cm³/mol. The molecule has 0 saturated carbocycles. The number of aromatic hydroxyl groups is 1. The smallest absolute Gasteiger partial charge is 0.227 e. The first-order chi connectivity index (χ1) is 13.4. The first-order valence-corrected chi connectivity index (χ1v) is 12.3. The number of nitrogens with zero attached hydrogens (tertiary/aromatic N) is 1. The summed E-state index contributed by atoms with van der Waals surface area (Å²) < 4.78 is 0. The average molecular weight is 439 g/mol. The summed E-state index contributed by atoms with van der Waals surface area (Å²) in [5.74, 6) is 1.10. The summed E-state index contributed by atoms with van der Waals surface area (Å²) in [5, 5.41) is 15.1. The van der Waals surface area contributed by atoms with Crippen molar-refractivity contribution in [1.82, 2.24) is 10.2 Å². The van der Waals surface area contributed by atoms with Crippen molar-refractivity contribution in [2.45, 2.75) is 12.8 Å². The van der Waals surface area contributed by atoms with Crippen LogP contribution in [0.25, 0.3) is 0 Å². The van der Waals surface area contributed by atoms with Gasteiger partial charge < -0.3 is 15.3 Å². The number of hydrogen-bond acceptors (Lipinski definition) is 7. The van der Waals surface area contributed by atoms with Gasteiger partial charge in [0.25, 0.3) is 0 Å². The number of phenols is 1. The van der Waals surface area contributed by atoms with Gasteiger partial charge in [0, 0.05) is 35.7 Å². The molecule has 0 bridgehead atoms. The van der Waals surface area contributed by atoms with Crippen molar-refractivity contribution >= 4 is 44.6 Å². The van der Waals surface area contributed by atoms with E-state index in [0.717, 1.165) is 18.1 Å². The van der Waals surface area contributed by atoms with Crippen molar-refractivity contribution < 1.29 is 14.7 Å². The summed E-state index contributed by atoms with van der Waals surface area (Å²) in [4.78, 5) is 27.5. The van der Waals surface area contributed by atoms with Crippen LogP contribution in [-0.2, 0) is 4.79 Å². The van der Waals surface area contributed by atoms with Crippen LogP contribution in [0, 0.1) is 0 Å². The fraction of sp³-hybridized carbons (Fsp3) is 0.400. The van der Waals surface area contributed by atoms with Gasteiger partial charge in [0.15, 0.2) is 0 Å². The molecule has 0 radical (unpaired) electrons. The molecule has 2 rings (SSSR count). The molecule has 2 N–H and O–H groups in total. The number of rotatable bonds is 11. The number of benzene rings is 1. The Kier molecular flexibility index (Phi) is 9.37. The van der Waals surface area contributed by atoms with Crippen LogP contribution in [0.3, 0.4) is 0 Å². The van der Waals surface area contributed by atoms with E-state index in [9.17, 15) is 14.7 Å². The lowest BCUT2D eigenvalue weighted by Crippen LogP contribution is -2.29. The van der Waals surface area contributed by atoms with Crippen LogP contribution in [0.5, 0.6) is 5.75 Å². The Morgan fingerprint density at radius 1 is 1.21 bits per heavy atom. The van der Waals surface area contributed by atoms with Gasteiger partial charge >= 0.3 is 0 Å². The summed E-state index contributed by atoms with van der Waals surface area (Å²) in [7, 11) is 7.63. The summed E-state index contributed by atoms with van der Waals surface area (Å²) >= 11 is 1.36. The summed E-state index contributed by atoms with van der Waals surface area (Å²) in [6.07, 6.45) is 0. The molecule has 1 amide bonds. The maximum Gasteiger partial charge on any atom is 0.227 e. The topological polar surface area (TPSA) is 69.6 Å². The minimum absolute atomic E-state index is 0.0290. The number of nitrogens with one attached hydrogen (secondary N) is 1. The second-order valence-electron chi connectivity index (χ2n) is 6.54. The van der Waals surface area contributed by atoms with Gasteiger partial charge in [-0.1, -0.05) is 39.8 Å².